The zero-order valence-electron chi connectivity index (χ0n) is 25.7. The van der Waals surface area contributed by atoms with Crippen molar-refractivity contribution in [3.63, 3.8) is 0 Å². The van der Waals surface area contributed by atoms with Crippen molar-refractivity contribution in [3.8, 4) is 0 Å². The largest absolute Gasteiger partial charge is 0.385 e. The van der Waals surface area contributed by atoms with Crippen molar-refractivity contribution in [1.82, 2.24) is 15.1 Å². The number of carbonyl (C=O) groups excluding carboxylic acids is 4. The fourth-order valence-electron chi connectivity index (χ4n) is 6.80. The van der Waals surface area contributed by atoms with Crippen molar-refractivity contribution in [1.29, 1.82) is 0 Å². The molecule has 10 heteroatoms. The van der Waals surface area contributed by atoms with E-state index in [-0.39, 0.29) is 30.2 Å². The molecule has 1 spiro atoms. The fraction of sp³-hybridized carbons (Fsp3) is 0.688. The molecule has 4 fully saturated rings. The molecule has 1 aliphatic carbocycles. The Hall–Kier alpha value is -2.98. The predicted octanol–water partition coefficient (Wildman–Crippen LogP) is 3.51. The Morgan fingerprint density at radius 2 is 1.67 bits per heavy atom. The fourth-order valence-corrected chi connectivity index (χ4v) is 6.80. The summed E-state index contributed by atoms with van der Waals surface area (Å²) in [4.78, 5) is 53.5. The molecule has 42 heavy (non-hydrogen) atoms. The molecule has 3 saturated heterocycles. The monoisotopic (exact) mass is 584 g/mol. The molecule has 1 N–H and O–H groups in total. The van der Waals surface area contributed by atoms with Crippen molar-refractivity contribution < 1.29 is 28.7 Å². The van der Waals surface area contributed by atoms with Crippen molar-refractivity contribution in [2.45, 2.75) is 96.9 Å². The average molecular weight is 585 g/mol. The summed E-state index contributed by atoms with van der Waals surface area (Å²) in [7, 11) is 1.68. The van der Waals surface area contributed by atoms with E-state index < -0.39 is 6.04 Å². The maximum atomic E-state index is 13.0. The van der Waals surface area contributed by atoms with E-state index in [0.29, 0.717) is 30.0 Å². The van der Waals surface area contributed by atoms with Crippen LogP contribution in [0.5, 0.6) is 0 Å². The number of ether oxygens (including phenoxy) is 2. The summed E-state index contributed by atoms with van der Waals surface area (Å²) in [5.41, 5.74) is 3.14. The molecule has 0 bridgehead atoms. The molecule has 1 aromatic rings. The third-order valence-electron chi connectivity index (χ3n) is 9.32. The Balaban J connectivity index is 0.000000624. The molecule has 10 nitrogen and oxygen atoms in total. The number of anilines is 1. The van der Waals surface area contributed by atoms with Crippen molar-refractivity contribution >= 4 is 29.8 Å². The third kappa shape index (κ3) is 7.14. The number of amides is 4. The van der Waals surface area contributed by atoms with Gasteiger partial charge in [-0.15, -0.1) is 0 Å². The Morgan fingerprint density at radius 3 is 2.26 bits per heavy atom. The predicted molar refractivity (Wildman–Crippen MR) is 160 cm³/mol. The standard InChI is InChI=1S/C27H34N4O5.C3H8O.C2H6/c32-17-29-9-5-20(6-10-29)36-21-14-27(15-21)7-11-30(12-8-27)19-1-2-22-18(13-19)16-31(26(22)35)23-3-4-24(33)28-25(23)34;1-3-4-2;1-2/h1-2,13,17,20-21,23H,3-12,14-16H2,(H,28,33,34);3H2,1-2H3;1-2H3. The lowest BCUT2D eigenvalue weighted by Crippen LogP contribution is -2.52. The summed E-state index contributed by atoms with van der Waals surface area (Å²) in [5, 5.41) is 2.36. The van der Waals surface area contributed by atoms with Gasteiger partial charge in [0.2, 0.25) is 18.2 Å². The minimum atomic E-state index is -0.577. The zero-order valence-corrected chi connectivity index (χ0v) is 25.7. The molecule has 232 valence electrons. The molecule has 4 amide bonds. The first-order chi connectivity index (χ1) is 20.3. The summed E-state index contributed by atoms with van der Waals surface area (Å²) in [6.07, 6.45) is 8.68. The van der Waals surface area contributed by atoms with Crippen LogP contribution in [0, 0.1) is 5.41 Å². The normalized spacial score (nSPS) is 23.8. The third-order valence-corrected chi connectivity index (χ3v) is 9.32. The van der Waals surface area contributed by atoms with E-state index in [1.54, 1.807) is 12.0 Å². The second-order valence-electron chi connectivity index (χ2n) is 11.8. The molecule has 1 unspecified atom stereocenters. The summed E-state index contributed by atoms with van der Waals surface area (Å²) in [6.45, 7) is 10.8. The number of rotatable bonds is 6. The van der Waals surface area contributed by atoms with Crippen molar-refractivity contribution in [2.75, 3.05) is 44.8 Å². The Kier molecular flexibility index (Phi) is 11.0. The molecule has 4 aliphatic heterocycles. The lowest BCUT2D eigenvalue weighted by atomic mass is 9.61. The van der Waals surface area contributed by atoms with Crippen LogP contribution >= 0.6 is 0 Å². The van der Waals surface area contributed by atoms with Gasteiger partial charge >= 0.3 is 0 Å². The Labute approximate surface area is 250 Å². The number of nitrogens with zero attached hydrogens (tertiary/aromatic N) is 3. The number of piperidine rings is 3. The molecule has 0 aromatic heterocycles. The van der Waals surface area contributed by atoms with E-state index >= 15 is 0 Å². The van der Waals surface area contributed by atoms with E-state index in [1.165, 1.54) is 0 Å². The maximum Gasteiger partial charge on any atom is 0.255 e. The number of benzene rings is 1. The Morgan fingerprint density at radius 1 is 1.00 bits per heavy atom. The molecule has 1 aromatic carbocycles. The minimum absolute atomic E-state index is 0.124. The first-order valence-corrected chi connectivity index (χ1v) is 15.7. The molecule has 1 atom stereocenters. The molecule has 4 heterocycles. The first-order valence-electron chi connectivity index (χ1n) is 15.7. The van der Waals surface area contributed by atoms with Gasteiger partial charge in [-0.25, -0.2) is 0 Å². The van der Waals surface area contributed by atoms with Crippen LogP contribution in [-0.4, -0.2) is 92.1 Å². The number of hydrogen-bond acceptors (Lipinski definition) is 7. The van der Waals surface area contributed by atoms with Gasteiger partial charge in [0.1, 0.15) is 6.04 Å². The van der Waals surface area contributed by atoms with Gasteiger partial charge in [-0.1, -0.05) is 13.8 Å². The quantitative estimate of drug-likeness (QED) is 0.403. The van der Waals surface area contributed by atoms with Gasteiger partial charge in [0.25, 0.3) is 5.91 Å². The number of nitrogens with one attached hydrogen (secondary N) is 1. The number of imide groups is 1. The number of hydrogen-bond donors (Lipinski definition) is 1. The highest BCUT2D eigenvalue weighted by Gasteiger charge is 2.47. The van der Waals surface area contributed by atoms with E-state index in [0.717, 1.165) is 89.0 Å². The van der Waals surface area contributed by atoms with Crippen LogP contribution < -0.4 is 10.2 Å². The summed E-state index contributed by atoms with van der Waals surface area (Å²) in [6, 6.07) is 5.45. The van der Waals surface area contributed by atoms with Crippen LogP contribution in [0.25, 0.3) is 0 Å². The summed E-state index contributed by atoms with van der Waals surface area (Å²) in [5.74, 6) is -0.765. The summed E-state index contributed by atoms with van der Waals surface area (Å²) >= 11 is 0. The lowest BCUT2D eigenvalue weighted by molar-refractivity contribution is -0.138. The first kappa shape index (κ1) is 31.9. The van der Waals surface area contributed by atoms with Crippen LogP contribution in [0.15, 0.2) is 18.2 Å². The summed E-state index contributed by atoms with van der Waals surface area (Å²) < 4.78 is 10.9. The van der Waals surface area contributed by atoms with Gasteiger partial charge in [-0.3, -0.25) is 24.5 Å². The van der Waals surface area contributed by atoms with Crippen molar-refractivity contribution in [2.24, 2.45) is 5.41 Å². The van der Waals surface area contributed by atoms with Crippen LogP contribution in [-0.2, 0) is 30.4 Å². The highest BCUT2D eigenvalue weighted by atomic mass is 16.5. The highest BCUT2D eigenvalue weighted by molar-refractivity contribution is 6.05. The number of methoxy groups -OCH3 is 1. The van der Waals surface area contributed by atoms with Gasteiger partial charge in [0.15, 0.2) is 0 Å². The maximum absolute atomic E-state index is 13.0. The molecule has 5 aliphatic rings. The topological polar surface area (TPSA) is 108 Å². The molecular formula is C32H48N4O6. The van der Waals surface area contributed by atoms with Gasteiger partial charge in [0.05, 0.1) is 12.2 Å². The van der Waals surface area contributed by atoms with E-state index in [2.05, 4.69) is 21.0 Å². The molecule has 6 rings (SSSR count). The van der Waals surface area contributed by atoms with E-state index in [4.69, 9.17) is 4.74 Å². The van der Waals surface area contributed by atoms with Gasteiger partial charge in [0, 0.05) is 64.1 Å². The highest BCUT2D eigenvalue weighted by Crippen LogP contribution is 2.51. The van der Waals surface area contributed by atoms with Gasteiger partial charge < -0.3 is 24.2 Å². The number of likely N-dealkylation sites (tertiary alicyclic amines) is 1. The minimum Gasteiger partial charge on any atom is -0.385 e. The van der Waals surface area contributed by atoms with Crippen LogP contribution in [0.1, 0.15) is 88.1 Å². The second-order valence-corrected chi connectivity index (χ2v) is 11.8. The van der Waals surface area contributed by atoms with Crippen molar-refractivity contribution in [3.05, 3.63) is 29.3 Å². The number of fused-ring (bicyclic) bond motifs is 1. The number of carbonyl (C=O) groups is 4. The SMILES string of the molecule is CC.CCOC.O=CN1CCC(OC2CC3(CCN(c4ccc5c(c4)CN(C4CCC(=O)NC4=O)C5=O)CC3)C2)CC1. The Bertz CT molecular complexity index is 1100. The van der Waals surface area contributed by atoms with Crippen LogP contribution in [0.4, 0.5) is 5.69 Å². The van der Waals surface area contributed by atoms with Gasteiger partial charge in [-0.05, 0) is 81.0 Å². The zero-order chi connectivity index (χ0) is 30.3. The van der Waals surface area contributed by atoms with Gasteiger partial charge in [-0.2, -0.15) is 0 Å². The van der Waals surface area contributed by atoms with E-state index in [1.807, 2.05) is 37.8 Å². The average Bonchev–Trinajstić information content (AvgIpc) is 3.33. The van der Waals surface area contributed by atoms with Crippen LogP contribution in [0.2, 0.25) is 0 Å². The molecule has 1 saturated carbocycles. The van der Waals surface area contributed by atoms with Crippen LogP contribution in [0.3, 0.4) is 0 Å². The lowest BCUT2D eigenvalue weighted by Gasteiger charge is -2.53. The van der Waals surface area contributed by atoms with E-state index in [9.17, 15) is 19.2 Å². The molecule has 0 radical (unpaired) electrons. The second kappa shape index (κ2) is 14.5. The molecular weight excluding hydrogens is 536 g/mol. The smallest absolute Gasteiger partial charge is 0.255 e.